The minimum atomic E-state index is -0.263. The Balaban J connectivity index is 2.09. The zero-order chi connectivity index (χ0) is 15.0. The molecule has 108 valence electrons. The molecule has 0 radical (unpaired) electrons. The van der Waals surface area contributed by atoms with Crippen LogP contribution in [0.5, 0.6) is 0 Å². The van der Waals surface area contributed by atoms with E-state index in [1.54, 1.807) is 6.07 Å². The second kappa shape index (κ2) is 5.91. The molecule has 5 heteroatoms. The van der Waals surface area contributed by atoms with Gasteiger partial charge in [0.15, 0.2) is 0 Å². The Hall–Kier alpha value is -1.17. The molecule has 0 saturated carbocycles. The minimum absolute atomic E-state index is 0.108. The third-order valence-electron chi connectivity index (χ3n) is 3.34. The summed E-state index contributed by atoms with van der Waals surface area (Å²) in [4.78, 5) is 0. The third-order valence-corrected chi connectivity index (χ3v) is 4.52. The monoisotopic (exact) mass is 411 g/mol. The minimum Gasteiger partial charge on any atom is -0.459 e. The fraction of sp³-hybridized carbons (Fsp3) is 0.125. The maximum Gasteiger partial charge on any atom is 0.134 e. The van der Waals surface area contributed by atoms with Crippen molar-refractivity contribution in [3.63, 3.8) is 0 Å². The highest BCUT2D eigenvalue weighted by atomic mass is 79.9. The summed E-state index contributed by atoms with van der Waals surface area (Å²) in [5.41, 5.74) is 1.74. The molecule has 3 aromatic rings. The molecule has 2 nitrogen and oxygen atoms in total. The molecule has 0 bridgehead atoms. The molecule has 1 unspecified atom stereocenters. The molecular formula is C16H12Br2FNO. The molecule has 21 heavy (non-hydrogen) atoms. The number of furan rings is 1. The van der Waals surface area contributed by atoms with Crippen molar-refractivity contribution in [2.75, 3.05) is 7.05 Å². The highest BCUT2D eigenvalue weighted by Crippen LogP contribution is 2.33. The number of nitrogens with one attached hydrogen (secondary N) is 1. The molecule has 0 aliphatic rings. The van der Waals surface area contributed by atoms with Crippen molar-refractivity contribution in [3.8, 4) is 0 Å². The van der Waals surface area contributed by atoms with Gasteiger partial charge in [0.2, 0.25) is 0 Å². The Morgan fingerprint density at radius 3 is 2.62 bits per heavy atom. The first-order valence-corrected chi connectivity index (χ1v) is 7.98. The molecule has 0 fully saturated rings. The lowest BCUT2D eigenvalue weighted by atomic mass is 10.0. The van der Waals surface area contributed by atoms with E-state index in [0.717, 1.165) is 25.7 Å². The van der Waals surface area contributed by atoms with Gasteiger partial charge < -0.3 is 9.73 Å². The second-order valence-electron chi connectivity index (χ2n) is 4.72. The standard InChI is InChI=1S/C16H12Br2FNO/c1-20-16(12-4-2-10(17)8-13(12)18)15-7-9-6-11(19)3-5-14(9)21-15/h2-8,16,20H,1H3. The first-order chi connectivity index (χ1) is 10.1. The van der Waals surface area contributed by atoms with Gasteiger partial charge in [-0.05, 0) is 49.0 Å². The summed E-state index contributed by atoms with van der Waals surface area (Å²) in [7, 11) is 1.87. The number of benzene rings is 2. The number of rotatable bonds is 3. The van der Waals surface area contributed by atoms with Crippen LogP contribution in [-0.2, 0) is 0 Å². The van der Waals surface area contributed by atoms with Gasteiger partial charge >= 0.3 is 0 Å². The lowest BCUT2D eigenvalue weighted by Gasteiger charge is -2.16. The summed E-state index contributed by atoms with van der Waals surface area (Å²) in [5, 5.41) is 4.00. The fourth-order valence-corrected chi connectivity index (χ4v) is 3.64. The number of hydrogen-bond donors (Lipinski definition) is 1. The molecule has 1 heterocycles. The summed E-state index contributed by atoms with van der Waals surface area (Å²) in [6.45, 7) is 0. The van der Waals surface area contributed by atoms with Gasteiger partial charge in [-0.2, -0.15) is 0 Å². The summed E-state index contributed by atoms with van der Waals surface area (Å²) in [6.07, 6.45) is 0. The Morgan fingerprint density at radius 2 is 1.90 bits per heavy atom. The van der Waals surface area contributed by atoms with Crippen LogP contribution in [0.4, 0.5) is 4.39 Å². The molecule has 0 spiro atoms. The van der Waals surface area contributed by atoms with E-state index in [9.17, 15) is 4.39 Å². The normalized spacial score (nSPS) is 12.8. The summed E-state index contributed by atoms with van der Waals surface area (Å²) in [6, 6.07) is 12.3. The van der Waals surface area contributed by atoms with Gasteiger partial charge in [0, 0.05) is 14.3 Å². The number of fused-ring (bicyclic) bond motifs is 1. The molecule has 0 aliphatic carbocycles. The quantitative estimate of drug-likeness (QED) is 0.622. The topological polar surface area (TPSA) is 25.2 Å². The maximum absolute atomic E-state index is 13.3. The van der Waals surface area contributed by atoms with Crippen molar-refractivity contribution >= 4 is 42.8 Å². The molecule has 2 aromatic carbocycles. The van der Waals surface area contributed by atoms with Crippen LogP contribution < -0.4 is 5.32 Å². The lowest BCUT2D eigenvalue weighted by Crippen LogP contribution is -2.17. The molecule has 3 rings (SSSR count). The third kappa shape index (κ3) is 2.91. The van der Waals surface area contributed by atoms with Crippen molar-refractivity contribution in [3.05, 3.63) is 68.6 Å². The summed E-state index contributed by atoms with van der Waals surface area (Å²) in [5.74, 6) is 0.488. The van der Waals surface area contributed by atoms with E-state index >= 15 is 0 Å². The van der Waals surface area contributed by atoms with Crippen LogP contribution in [0.1, 0.15) is 17.4 Å². The molecule has 1 atom stereocenters. The average Bonchev–Trinajstić information content (AvgIpc) is 2.84. The van der Waals surface area contributed by atoms with E-state index in [1.807, 2.05) is 31.3 Å². The van der Waals surface area contributed by atoms with Gasteiger partial charge in [-0.25, -0.2) is 4.39 Å². The van der Waals surface area contributed by atoms with Crippen molar-refractivity contribution in [2.24, 2.45) is 0 Å². The Kier molecular flexibility index (Phi) is 4.15. The van der Waals surface area contributed by atoms with Gasteiger partial charge in [-0.1, -0.05) is 37.9 Å². The van der Waals surface area contributed by atoms with Crippen molar-refractivity contribution in [1.29, 1.82) is 0 Å². The largest absolute Gasteiger partial charge is 0.459 e. The van der Waals surface area contributed by atoms with Gasteiger partial charge in [0.1, 0.15) is 17.2 Å². The highest BCUT2D eigenvalue weighted by molar-refractivity contribution is 9.11. The van der Waals surface area contributed by atoms with Crippen molar-refractivity contribution in [2.45, 2.75) is 6.04 Å². The molecule has 1 aromatic heterocycles. The van der Waals surface area contributed by atoms with Crippen molar-refractivity contribution < 1.29 is 8.81 Å². The van der Waals surface area contributed by atoms with Crippen LogP contribution in [0.15, 0.2) is 55.8 Å². The van der Waals surface area contributed by atoms with Gasteiger partial charge in [0.05, 0.1) is 6.04 Å². The predicted octanol–water partition coefficient (Wildman–Crippen LogP) is 5.41. The van der Waals surface area contributed by atoms with Crippen LogP contribution >= 0.6 is 31.9 Å². The Labute approximate surface area is 138 Å². The zero-order valence-corrected chi connectivity index (χ0v) is 14.3. The molecule has 0 amide bonds. The van der Waals surface area contributed by atoms with E-state index in [-0.39, 0.29) is 11.9 Å². The van der Waals surface area contributed by atoms with Crippen LogP contribution in [0.25, 0.3) is 11.0 Å². The highest BCUT2D eigenvalue weighted by Gasteiger charge is 2.19. The molecule has 0 saturated heterocycles. The van der Waals surface area contributed by atoms with E-state index in [1.165, 1.54) is 12.1 Å². The maximum atomic E-state index is 13.3. The van der Waals surface area contributed by atoms with Crippen molar-refractivity contribution in [1.82, 2.24) is 5.32 Å². The van der Waals surface area contributed by atoms with E-state index < -0.39 is 0 Å². The lowest BCUT2D eigenvalue weighted by molar-refractivity contribution is 0.490. The SMILES string of the molecule is CNC(c1cc2cc(F)ccc2o1)c1ccc(Br)cc1Br. The smallest absolute Gasteiger partial charge is 0.134 e. The van der Waals surface area contributed by atoms with Gasteiger partial charge in [-0.3, -0.25) is 0 Å². The Morgan fingerprint density at radius 1 is 1.10 bits per heavy atom. The van der Waals surface area contributed by atoms with E-state index in [0.29, 0.717) is 5.58 Å². The molecule has 1 N–H and O–H groups in total. The van der Waals surface area contributed by atoms with E-state index in [4.69, 9.17) is 4.42 Å². The first kappa shape index (κ1) is 14.8. The predicted molar refractivity (Wildman–Crippen MR) is 88.9 cm³/mol. The molecular weight excluding hydrogens is 401 g/mol. The number of hydrogen-bond acceptors (Lipinski definition) is 2. The van der Waals surface area contributed by atoms with Crippen LogP contribution in [-0.4, -0.2) is 7.05 Å². The fourth-order valence-electron chi connectivity index (χ4n) is 2.36. The van der Waals surface area contributed by atoms with Gasteiger partial charge in [0.25, 0.3) is 0 Å². The van der Waals surface area contributed by atoms with Gasteiger partial charge in [-0.15, -0.1) is 0 Å². The summed E-state index contributed by atoms with van der Waals surface area (Å²) >= 11 is 7.01. The van der Waals surface area contributed by atoms with Crippen LogP contribution in [0.2, 0.25) is 0 Å². The van der Waals surface area contributed by atoms with Crippen LogP contribution in [0.3, 0.4) is 0 Å². The Bertz CT molecular complexity index is 800. The number of halogens is 3. The zero-order valence-electron chi connectivity index (χ0n) is 11.2. The second-order valence-corrected chi connectivity index (χ2v) is 6.49. The van der Waals surface area contributed by atoms with Crippen LogP contribution in [0, 0.1) is 5.82 Å². The first-order valence-electron chi connectivity index (χ1n) is 6.39. The average molecular weight is 413 g/mol. The van der Waals surface area contributed by atoms with E-state index in [2.05, 4.69) is 37.2 Å². The summed E-state index contributed by atoms with van der Waals surface area (Å²) < 4.78 is 21.1. The molecule has 0 aliphatic heterocycles.